The average molecular weight is 270 g/mol. The summed E-state index contributed by atoms with van der Waals surface area (Å²) in [4.78, 5) is 26.7. The molecule has 0 aliphatic carbocycles. The number of piperazine rings is 1. The molecule has 0 aromatic rings. The van der Waals surface area contributed by atoms with Crippen molar-refractivity contribution in [3.63, 3.8) is 0 Å². The van der Waals surface area contributed by atoms with Crippen LogP contribution in [0.5, 0.6) is 0 Å². The second-order valence-corrected chi connectivity index (χ2v) is 5.37. The number of aliphatic carboxylic acids is 1. The van der Waals surface area contributed by atoms with Crippen LogP contribution in [0.1, 0.15) is 19.8 Å². The van der Waals surface area contributed by atoms with Gasteiger partial charge in [-0.25, -0.2) is 0 Å². The van der Waals surface area contributed by atoms with Gasteiger partial charge in [-0.2, -0.15) is 0 Å². The predicted molar refractivity (Wildman–Crippen MR) is 68.8 cm³/mol. The molecule has 0 aromatic carbocycles. The van der Waals surface area contributed by atoms with Crippen LogP contribution < -0.4 is 0 Å². The van der Waals surface area contributed by atoms with Crippen LogP contribution in [-0.4, -0.2) is 72.2 Å². The maximum atomic E-state index is 12.3. The second kappa shape index (κ2) is 6.34. The molecule has 2 aliphatic heterocycles. The highest BCUT2D eigenvalue weighted by atomic mass is 16.5. The van der Waals surface area contributed by atoms with Crippen LogP contribution in [0.2, 0.25) is 0 Å². The van der Waals surface area contributed by atoms with Gasteiger partial charge in [0.2, 0.25) is 0 Å². The first-order valence-electron chi connectivity index (χ1n) is 6.92. The van der Waals surface area contributed by atoms with Crippen molar-refractivity contribution in [2.75, 3.05) is 39.3 Å². The molecule has 1 N–H and O–H groups in total. The number of amides is 1. The molecule has 6 heteroatoms. The number of carbonyl (C=O) groups excluding carboxylic acids is 1. The quantitative estimate of drug-likeness (QED) is 0.780. The minimum absolute atomic E-state index is 0.0999. The molecule has 0 radical (unpaired) electrons. The van der Waals surface area contributed by atoms with E-state index in [2.05, 4.69) is 11.8 Å². The summed E-state index contributed by atoms with van der Waals surface area (Å²) in [5.41, 5.74) is 0. The Morgan fingerprint density at radius 2 is 1.95 bits per heavy atom. The Balaban J connectivity index is 1.76. The first-order chi connectivity index (χ1) is 9.08. The molecule has 1 amide bonds. The van der Waals surface area contributed by atoms with Crippen molar-refractivity contribution in [2.24, 2.45) is 5.92 Å². The number of nitrogens with zero attached hydrogens (tertiary/aromatic N) is 2. The average Bonchev–Trinajstić information content (AvgIpc) is 2.82. The van der Waals surface area contributed by atoms with Gasteiger partial charge in [-0.05, 0) is 12.3 Å². The highest BCUT2D eigenvalue weighted by Crippen LogP contribution is 2.22. The van der Waals surface area contributed by atoms with Gasteiger partial charge >= 0.3 is 5.97 Å². The largest absolute Gasteiger partial charge is 0.481 e. The summed E-state index contributed by atoms with van der Waals surface area (Å²) >= 11 is 0. The van der Waals surface area contributed by atoms with E-state index in [9.17, 15) is 9.59 Å². The molecule has 0 spiro atoms. The monoisotopic (exact) mass is 270 g/mol. The highest BCUT2D eigenvalue weighted by molar-refractivity contribution is 5.81. The first-order valence-corrected chi connectivity index (χ1v) is 6.92. The summed E-state index contributed by atoms with van der Waals surface area (Å²) in [6, 6.07) is 0. The number of carboxylic acid groups (broad SMARTS) is 1. The lowest BCUT2D eigenvalue weighted by Crippen LogP contribution is -2.52. The zero-order valence-electron chi connectivity index (χ0n) is 11.4. The molecule has 2 unspecified atom stereocenters. The molecule has 0 aromatic heterocycles. The Labute approximate surface area is 113 Å². The van der Waals surface area contributed by atoms with Gasteiger partial charge in [-0.1, -0.05) is 6.92 Å². The number of hydrogen-bond acceptors (Lipinski definition) is 4. The molecular weight excluding hydrogens is 248 g/mol. The van der Waals surface area contributed by atoms with Crippen LogP contribution >= 0.6 is 0 Å². The number of ether oxygens (including phenoxy) is 1. The molecule has 2 fully saturated rings. The number of carboxylic acids is 1. The van der Waals surface area contributed by atoms with E-state index in [0.29, 0.717) is 32.2 Å². The molecule has 19 heavy (non-hydrogen) atoms. The zero-order chi connectivity index (χ0) is 13.8. The number of carbonyl (C=O) groups is 2. The van der Waals surface area contributed by atoms with Gasteiger partial charge in [-0.3, -0.25) is 14.5 Å². The molecule has 6 nitrogen and oxygen atoms in total. The molecule has 2 aliphatic rings. The summed E-state index contributed by atoms with van der Waals surface area (Å²) in [7, 11) is 0. The van der Waals surface area contributed by atoms with E-state index in [1.807, 2.05) is 4.90 Å². The Hall–Kier alpha value is -1.14. The van der Waals surface area contributed by atoms with Crippen molar-refractivity contribution in [2.45, 2.75) is 25.9 Å². The Morgan fingerprint density at radius 1 is 1.26 bits per heavy atom. The summed E-state index contributed by atoms with van der Waals surface area (Å²) in [6.45, 7) is 6.14. The van der Waals surface area contributed by atoms with Crippen LogP contribution in [0.15, 0.2) is 0 Å². The fourth-order valence-electron chi connectivity index (χ4n) is 2.64. The molecular formula is C13H22N2O4. The lowest BCUT2D eigenvalue weighted by atomic mass is 10.0. The van der Waals surface area contributed by atoms with Crippen LogP contribution in [0.4, 0.5) is 0 Å². The van der Waals surface area contributed by atoms with Crippen molar-refractivity contribution < 1.29 is 19.4 Å². The van der Waals surface area contributed by atoms with Crippen LogP contribution in [0.25, 0.3) is 0 Å². The standard InChI is InChI=1S/C13H22N2O4/c1-10-3-9-19-12(10)13(18)15-7-5-14(6-8-15)4-2-11(16)17/h10,12H,2-9H2,1H3,(H,16,17). The van der Waals surface area contributed by atoms with Gasteiger partial charge in [-0.15, -0.1) is 0 Å². The molecule has 2 heterocycles. The van der Waals surface area contributed by atoms with E-state index in [4.69, 9.17) is 9.84 Å². The van der Waals surface area contributed by atoms with Gasteiger partial charge in [0.1, 0.15) is 6.10 Å². The van der Waals surface area contributed by atoms with Crippen molar-refractivity contribution in [1.82, 2.24) is 9.80 Å². The molecule has 0 bridgehead atoms. The smallest absolute Gasteiger partial charge is 0.304 e. The third kappa shape index (κ3) is 3.67. The van der Waals surface area contributed by atoms with Gasteiger partial charge in [0.15, 0.2) is 0 Å². The normalized spacial score (nSPS) is 28.6. The fourth-order valence-corrected chi connectivity index (χ4v) is 2.64. The van der Waals surface area contributed by atoms with Crippen LogP contribution in [0.3, 0.4) is 0 Å². The van der Waals surface area contributed by atoms with E-state index < -0.39 is 5.97 Å². The van der Waals surface area contributed by atoms with Crippen molar-refractivity contribution >= 4 is 11.9 Å². The minimum Gasteiger partial charge on any atom is -0.481 e. The summed E-state index contributed by atoms with van der Waals surface area (Å²) in [5.74, 6) is -0.368. The van der Waals surface area contributed by atoms with Crippen molar-refractivity contribution in [1.29, 1.82) is 0 Å². The topological polar surface area (TPSA) is 70.1 Å². The predicted octanol–water partition coefficient (Wildman–Crippen LogP) is 0.0303. The van der Waals surface area contributed by atoms with Gasteiger partial charge in [0.05, 0.1) is 6.42 Å². The third-order valence-electron chi connectivity index (χ3n) is 3.96. The zero-order valence-corrected chi connectivity index (χ0v) is 11.4. The van der Waals surface area contributed by atoms with Gasteiger partial charge < -0.3 is 14.7 Å². The molecule has 0 saturated carbocycles. The molecule has 2 atom stereocenters. The van der Waals surface area contributed by atoms with Crippen LogP contribution in [0, 0.1) is 5.92 Å². The van der Waals surface area contributed by atoms with Crippen molar-refractivity contribution in [3.8, 4) is 0 Å². The summed E-state index contributed by atoms with van der Waals surface area (Å²) in [6.07, 6.45) is 0.844. The van der Waals surface area contributed by atoms with E-state index in [1.165, 1.54) is 0 Å². The maximum Gasteiger partial charge on any atom is 0.304 e. The molecule has 108 valence electrons. The van der Waals surface area contributed by atoms with E-state index in [1.54, 1.807) is 0 Å². The van der Waals surface area contributed by atoms with Crippen LogP contribution in [-0.2, 0) is 14.3 Å². The van der Waals surface area contributed by atoms with Crippen molar-refractivity contribution in [3.05, 3.63) is 0 Å². The second-order valence-electron chi connectivity index (χ2n) is 5.37. The first kappa shape index (κ1) is 14.3. The SMILES string of the molecule is CC1CCOC1C(=O)N1CCN(CCC(=O)O)CC1. The lowest BCUT2D eigenvalue weighted by molar-refractivity contribution is -0.145. The minimum atomic E-state index is -0.772. The maximum absolute atomic E-state index is 12.3. The number of rotatable bonds is 4. The molecule has 2 rings (SSSR count). The lowest BCUT2D eigenvalue weighted by Gasteiger charge is -2.36. The Morgan fingerprint density at radius 3 is 2.47 bits per heavy atom. The highest BCUT2D eigenvalue weighted by Gasteiger charge is 2.35. The van der Waals surface area contributed by atoms with Gasteiger partial charge in [0.25, 0.3) is 5.91 Å². The van der Waals surface area contributed by atoms with E-state index in [-0.39, 0.29) is 18.4 Å². The molecule has 2 saturated heterocycles. The summed E-state index contributed by atoms with van der Waals surface area (Å²) in [5, 5.41) is 8.65. The summed E-state index contributed by atoms with van der Waals surface area (Å²) < 4.78 is 5.50. The third-order valence-corrected chi connectivity index (χ3v) is 3.96. The van der Waals surface area contributed by atoms with E-state index >= 15 is 0 Å². The van der Waals surface area contributed by atoms with Gasteiger partial charge in [0, 0.05) is 39.3 Å². The Bertz CT molecular complexity index is 340. The Kier molecular flexibility index (Phi) is 4.76. The van der Waals surface area contributed by atoms with E-state index in [0.717, 1.165) is 19.5 Å². The number of hydrogen-bond donors (Lipinski definition) is 1. The fraction of sp³-hybridized carbons (Fsp3) is 0.846.